The number of ether oxygens (including phenoxy) is 2. The third-order valence-electron chi connectivity index (χ3n) is 4.13. The molecule has 1 aromatic rings. The minimum absolute atomic E-state index is 0.483. The van der Waals surface area contributed by atoms with Crippen LogP contribution >= 0.6 is 0 Å². The fourth-order valence-electron chi connectivity index (χ4n) is 2.49. The normalized spacial score (nSPS) is 19.9. The maximum Gasteiger partial charge on any atom is 0.239 e. The van der Waals surface area contributed by atoms with Gasteiger partial charge in [0.25, 0.3) is 0 Å². The summed E-state index contributed by atoms with van der Waals surface area (Å²) in [6.45, 7) is 2.39. The molecule has 2 N–H and O–H groups in total. The monoisotopic (exact) mass is 277 g/mol. The van der Waals surface area contributed by atoms with Gasteiger partial charge in [-0.3, -0.25) is 0 Å². The van der Waals surface area contributed by atoms with E-state index in [1.807, 2.05) is 12.1 Å². The highest BCUT2D eigenvalue weighted by Gasteiger charge is 2.23. The average molecular weight is 277 g/mol. The molecular weight excluding hydrogens is 254 g/mol. The highest BCUT2D eigenvalue weighted by molar-refractivity contribution is 5.54. The lowest BCUT2D eigenvalue weighted by molar-refractivity contribution is 0.0853. The molecule has 2 heterocycles. The van der Waals surface area contributed by atoms with E-state index in [1.165, 1.54) is 12.8 Å². The van der Waals surface area contributed by atoms with Crippen LogP contribution in [-0.2, 0) is 4.74 Å². The van der Waals surface area contributed by atoms with E-state index < -0.39 is 0 Å². The van der Waals surface area contributed by atoms with Crippen molar-refractivity contribution in [3.63, 3.8) is 0 Å². The first kappa shape index (κ1) is 13.5. The first-order valence-corrected chi connectivity index (χ1v) is 7.44. The van der Waals surface area contributed by atoms with Crippen molar-refractivity contribution in [3.05, 3.63) is 12.1 Å². The van der Waals surface area contributed by atoms with Gasteiger partial charge in [-0.2, -0.15) is 4.98 Å². The third-order valence-corrected chi connectivity index (χ3v) is 4.13. The summed E-state index contributed by atoms with van der Waals surface area (Å²) in [5.74, 6) is 2.21. The van der Waals surface area contributed by atoms with Crippen molar-refractivity contribution < 1.29 is 9.47 Å². The maximum absolute atomic E-state index is 5.95. The summed E-state index contributed by atoms with van der Waals surface area (Å²) in [5.41, 5.74) is 6.57. The molecule has 1 aliphatic carbocycles. The van der Waals surface area contributed by atoms with E-state index in [1.54, 1.807) is 0 Å². The van der Waals surface area contributed by atoms with Gasteiger partial charge in [0.15, 0.2) is 0 Å². The van der Waals surface area contributed by atoms with Crippen LogP contribution in [0.5, 0.6) is 5.88 Å². The second-order valence-corrected chi connectivity index (χ2v) is 5.77. The molecule has 0 spiro atoms. The topological polar surface area (TPSA) is 60.6 Å². The van der Waals surface area contributed by atoms with Crippen LogP contribution in [0.4, 0.5) is 11.5 Å². The first-order chi connectivity index (χ1) is 9.74. The zero-order valence-electron chi connectivity index (χ0n) is 12.0. The summed E-state index contributed by atoms with van der Waals surface area (Å²) in [6, 6.07) is 4.34. The molecule has 0 aromatic carbocycles. The van der Waals surface area contributed by atoms with E-state index in [4.69, 9.17) is 15.2 Å². The smallest absolute Gasteiger partial charge is 0.239 e. The van der Waals surface area contributed by atoms with E-state index in [-0.39, 0.29) is 0 Å². The van der Waals surface area contributed by atoms with Crippen molar-refractivity contribution >= 4 is 11.5 Å². The van der Waals surface area contributed by atoms with Crippen LogP contribution < -0.4 is 15.4 Å². The van der Waals surface area contributed by atoms with Crippen molar-refractivity contribution in [1.82, 2.24) is 4.98 Å². The van der Waals surface area contributed by atoms with Crippen LogP contribution in [0.2, 0.25) is 0 Å². The molecule has 1 saturated heterocycles. The van der Waals surface area contributed by atoms with E-state index in [0.717, 1.165) is 38.5 Å². The third kappa shape index (κ3) is 3.15. The molecule has 5 nitrogen and oxygen atoms in total. The molecule has 5 heteroatoms. The Morgan fingerprint density at radius 2 is 2.05 bits per heavy atom. The predicted molar refractivity (Wildman–Crippen MR) is 79.1 cm³/mol. The van der Waals surface area contributed by atoms with E-state index in [0.29, 0.717) is 23.5 Å². The molecule has 1 aliphatic heterocycles. The van der Waals surface area contributed by atoms with Gasteiger partial charge in [-0.1, -0.05) is 0 Å². The Morgan fingerprint density at radius 1 is 1.30 bits per heavy atom. The highest BCUT2D eigenvalue weighted by Crippen LogP contribution is 2.31. The summed E-state index contributed by atoms with van der Waals surface area (Å²) in [5, 5.41) is 0. The predicted octanol–water partition coefficient (Wildman–Crippen LogP) is 2.07. The molecule has 20 heavy (non-hydrogen) atoms. The molecule has 110 valence electrons. The SMILES string of the molecule is CN(c1ccc(N)c(OCC2CC2)n1)C1CCOCC1. The number of nitrogens with zero attached hydrogens (tertiary/aromatic N) is 2. The first-order valence-electron chi connectivity index (χ1n) is 7.44. The molecule has 2 fully saturated rings. The van der Waals surface area contributed by atoms with Crippen molar-refractivity contribution in [1.29, 1.82) is 0 Å². The zero-order chi connectivity index (χ0) is 13.9. The summed E-state index contributed by atoms with van der Waals surface area (Å²) < 4.78 is 11.2. The number of hydrogen-bond acceptors (Lipinski definition) is 5. The van der Waals surface area contributed by atoms with Crippen LogP contribution in [0.25, 0.3) is 0 Å². The van der Waals surface area contributed by atoms with E-state index >= 15 is 0 Å². The molecule has 0 bridgehead atoms. The Bertz CT molecular complexity index is 456. The number of hydrogen-bond donors (Lipinski definition) is 1. The van der Waals surface area contributed by atoms with Gasteiger partial charge in [0.05, 0.1) is 12.3 Å². The van der Waals surface area contributed by atoms with Gasteiger partial charge < -0.3 is 20.1 Å². The van der Waals surface area contributed by atoms with Gasteiger partial charge in [-0.25, -0.2) is 0 Å². The summed E-state index contributed by atoms with van der Waals surface area (Å²) >= 11 is 0. The molecule has 0 unspecified atom stereocenters. The lowest BCUT2D eigenvalue weighted by atomic mass is 10.1. The Kier molecular flexibility index (Phi) is 3.96. The Balaban J connectivity index is 1.69. The maximum atomic E-state index is 5.95. The molecule has 2 aliphatic rings. The van der Waals surface area contributed by atoms with Crippen molar-refractivity contribution in [2.24, 2.45) is 5.92 Å². The second-order valence-electron chi connectivity index (χ2n) is 5.77. The van der Waals surface area contributed by atoms with Crippen LogP contribution in [0.3, 0.4) is 0 Å². The Labute approximate surface area is 120 Å². The number of anilines is 2. The number of nitrogen functional groups attached to an aromatic ring is 1. The van der Waals surface area contributed by atoms with Gasteiger partial charge in [0.2, 0.25) is 5.88 Å². The van der Waals surface area contributed by atoms with Crippen molar-refractivity contribution in [3.8, 4) is 5.88 Å². The minimum atomic E-state index is 0.483. The Hall–Kier alpha value is -1.49. The lowest BCUT2D eigenvalue weighted by Crippen LogP contribution is -2.37. The second kappa shape index (κ2) is 5.87. The number of nitrogens with two attached hydrogens (primary N) is 1. The molecule has 0 amide bonds. The zero-order valence-corrected chi connectivity index (χ0v) is 12.0. The Morgan fingerprint density at radius 3 is 2.75 bits per heavy atom. The van der Waals surface area contributed by atoms with Crippen LogP contribution in [-0.4, -0.2) is 37.9 Å². The summed E-state index contributed by atoms with van der Waals surface area (Å²) in [4.78, 5) is 6.80. The molecule has 0 radical (unpaired) electrons. The minimum Gasteiger partial charge on any atom is -0.476 e. The number of rotatable bonds is 5. The number of aromatic nitrogens is 1. The molecule has 1 aromatic heterocycles. The highest BCUT2D eigenvalue weighted by atomic mass is 16.5. The largest absolute Gasteiger partial charge is 0.476 e. The van der Waals surface area contributed by atoms with Crippen LogP contribution in [0.1, 0.15) is 25.7 Å². The van der Waals surface area contributed by atoms with Gasteiger partial charge in [-0.15, -0.1) is 0 Å². The molecular formula is C15H23N3O2. The standard InChI is InChI=1S/C15H23N3O2/c1-18(12-6-8-19-9-7-12)14-5-4-13(16)15(17-14)20-10-11-2-3-11/h4-5,11-12H,2-3,6-10,16H2,1H3. The van der Waals surface area contributed by atoms with Gasteiger partial charge in [0.1, 0.15) is 5.82 Å². The van der Waals surface area contributed by atoms with Crippen LogP contribution in [0, 0.1) is 5.92 Å². The molecule has 3 rings (SSSR count). The summed E-state index contributed by atoms with van der Waals surface area (Å²) in [7, 11) is 2.08. The number of pyridine rings is 1. The van der Waals surface area contributed by atoms with Gasteiger partial charge in [-0.05, 0) is 43.7 Å². The van der Waals surface area contributed by atoms with E-state index in [9.17, 15) is 0 Å². The quantitative estimate of drug-likeness (QED) is 0.892. The molecule has 1 saturated carbocycles. The lowest BCUT2D eigenvalue weighted by Gasteiger charge is -2.32. The summed E-state index contributed by atoms with van der Waals surface area (Å²) in [6.07, 6.45) is 4.62. The van der Waals surface area contributed by atoms with E-state index in [2.05, 4.69) is 16.9 Å². The molecule has 0 atom stereocenters. The fourth-order valence-corrected chi connectivity index (χ4v) is 2.49. The van der Waals surface area contributed by atoms with Crippen LogP contribution in [0.15, 0.2) is 12.1 Å². The van der Waals surface area contributed by atoms with Crippen molar-refractivity contribution in [2.75, 3.05) is 37.5 Å². The van der Waals surface area contributed by atoms with Crippen molar-refractivity contribution in [2.45, 2.75) is 31.7 Å². The average Bonchev–Trinajstić information content (AvgIpc) is 3.31. The fraction of sp³-hybridized carbons (Fsp3) is 0.667. The van der Waals surface area contributed by atoms with Gasteiger partial charge >= 0.3 is 0 Å². The van der Waals surface area contributed by atoms with Gasteiger partial charge in [0, 0.05) is 26.3 Å².